The average molecular weight is 265 g/mol. The molecule has 0 bridgehead atoms. The van der Waals surface area contributed by atoms with Gasteiger partial charge in [-0.2, -0.15) is 0 Å². The lowest BCUT2D eigenvalue weighted by atomic mass is 9.70. The van der Waals surface area contributed by atoms with Crippen molar-refractivity contribution in [2.45, 2.75) is 85.1 Å². The number of hydrogen-bond donors (Lipinski definition) is 1. The van der Waals surface area contributed by atoms with E-state index in [2.05, 4.69) is 33.0 Å². The quantitative estimate of drug-likeness (QED) is 0.753. The lowest BCUT2D eigenvalue weighted by Gasteiger charge is -2.40. The largest absolute Gasteiger partial charge is 0.314 e. The Balaban J connectivity index is 1.63. The topological polar surface area (TPSA) is 12.0 Å². The lowest BCUT2D eigenvalue weighted by molar-refractivity contribution is 0.146. The molecule has 1 heteroatoms. The van der Waals surface area contributed by atoms with E-state index >= 15 is 0 Å². The van der Waals surface area contributed by atoms with E-state index in [0.717, 1.165) is 23.8 Å². The van der Waals surface area contributed by atoms with Gasteiger partial charge in [-0.1, -0.05) is 53.4 Å². The summed E-state index contributed by atoms with van der Waals surface area (Å²) in [5.41, 5.74) is 0.580. The minimum Gasteiger partial charge on any atom is -0.314 e. The molecule has 1 N–H and O–H groups in total. The van der Waals surface area contributed by atoms with E-state index in [4.69, 9.17) is 0 Å². The maximum Gasteiger partial charge on any atom is 0.00930 e. The Hall–Kier alpha value is -0.0400. The van der Waals surface area contributed by atoms with Crippen molar-refractivity contribution in [2.24, 2.45) is 23.2 Å². The van der Waals surface area contributed by atoms with Crippen LogP contribution in [-0.2, 0) is 0 Å². The molecular weight excluding hydrogens is 230 g/mol. The van der Waals surface area contributed by atoms with Gasteiger partial charge in [-0.15, -0.1) is 0 Å². The second-order valence-electron chi connectivity index (χ2n) is 8.36. The normalized spacial score (nSPS) is 39.2. The van der Waals surface area contributed by atoms with Gasteiger partial charge >= 0.3 is 0 Å². The third-order valence-electron chi connectivity index (χ3n) is 5.79. The molecule has 0 heterocycles. The molecule has 2 aliphatic rings. The molecule has 112 valence electrons. The summed E-state index contributed by atoms with van der Waals surface area (Å²) >= 11 is 0. The van der Waals surface area contributed by atoms with Gasteiger partial charge in [0.05, 0.1) is 0 Å². The van der Waals surface area contributed by atoms with Gasteiger partial charge in [-0.05, 0) is 55.4 Å². The molecular formula is C18H35N. The van der Waals surface area contributed by atoms with E-state index in [1.807, 2.05) is 0 Å². The molecule has 1 nitrogen and oxygen atoms in total. The summed E-state index contributed by atoms with van der Waals surface area (Å²) < 4.78 is 0. The summed E-state index contributed by atoms with van der Waals surface area (Å²) in [7, 11) is 0. The predicted molar refractivity (Wildman–Crippen MR) is 84.3 cm³/mol. The molecule has 2 fully saturated rings. The fourth-order valence-electron chi connectivity index (χ4n) is 4.34. The molecule has 0 aromatic heterocycles. The zero-order valence-corrected chi connectivity index (χ0v) is 13.7. The van der Waals surface area contributed by atoms with Crippen LogP contribution in [0.4, 0.5) is 0 Å². The first-order chi connectivity index (χ1) is 8.96. The summed E-state index contributed by atoms with van der Waals surface area (Å²) in [4.78, 5) is 0. The molecule has 2 unspecified atom stereocenters. The molecule has 0 aromatic carbocycles. The van der Waals surface area contributed by atoms with Gasteiger partial charge in [-0.25, -0.2) is 0 Å². The van der Waals surface area contributed by atoms with Crippen LogP contribution in [-0.4, -0.2) is 12.6 Å². The van der Waals surface area contributed by atoms with Crippen LogP contribution in [0.25, 0.3) is 0 Å². The van der Waals surface area contributed by atoms with Crippen LogP contribution in [0.2, 0.25) is 0 Å². The van der Waals surface area contributed by atoms with E-state index in [9.17, 15) is 0 Å². The lowest BCUT2D eigenvalue weighted by Crippen LogP contribution is -2.42. The highest BCUT2D eigenvalue weighted by Gasteiger charge is 2.31. The maximum absolute atomic E-state index is 3.87. The predicted octanol–water partition coefficient (Wildman–Crippen LogP) is 5.01. The summed E-state index contributed by atoms with van der Waals surface area (Å²) in [5, 5.41) is 3.87. The Labute approximate surface area is 120 Å². The molecule has 2 atom stereocenters. The Morgan fingerprint density at radius 2 is 1.68 bits per heavy atom. The Morgan fingerprint density at radius 1 is 1.00 bits per heavy atom. The average Bonchev–Trinajstić information content (AvgIpc) is 2.34. The minimum atomic E-state index is 0.580. The summed E-state index contributed by atoms with van der Waals surface area (Å²) in [5.74, 6) is 2.86. The second kappa shape index (κ2) is 6.61. The molecule has 2 saturated carbocycles. The molecule has 0 aliphatic heterocycles. The van der Waals surface area contributed by atoms with Gasteiger partial charge < -0.3 is 5.32 Å². The molecule has 2 aliphatic carbocycles. The highest BCUT2D eigenvalue weighted by Crippen LogP contribution is 2.38. The highest BCUT2D eigenvalue weighted by atomic mass is 14.9. The fraction of sp³-hybridized carbons (Fsp3) is 1.00. The highest BCUT2D eigenvalue weighted by molar-refractivity contribution is 4.87. The third kappa shape index (κ3) is 4.77. The van der Waals surface area contributed by atoms with Crippen LogP contribution in [0.3, 0.4) is 0 Å². The molecule has 2 rings (SSSR count). The third-order valence-corrected chi connectivity index (χ3v) is 5.79. The molecule has 19 heavy (non-hydrogen) atoms. The van der Waals surface area contributed by atoms with Gasteiger partial charge in [0.15, 0.2) is 0 Å². The van der Waals surface area contributed by atoms with Crippen molar-refractivity contribution < 1.29 is 0 Å². The molecule has 0 amide bonds. The Morgan fingerprint density at radius 3 is 2.32 bits per heavy atom. The van der Waals surface area contributed by atoms with E-state index < -0.39 is 0 Å². The second-order valence-corrected chi connectivity index (χ2v) is 8.36. The summed E-state index contributed by atoms with van der Waals surface area (Å²) in [6.07, 6.45) is 11.5. The summed E-state index contributed by atoms with van der Waals surface area (Å²) in [6.45, 7) is 11.0. The van der Waals surface area contributed by atoms with Crippen LogP contribution < -0.4 is 5.32 Å². The van der Waals surface area contributed by atoms with Gasteiger partial charge in [0.1, 0.15) is 0 Å². The van der Waals surface area contributed by atoms with Gasteiger partial charge in [0, 0.05) is 6.04 Å². The van der Waals surface area contributed by atoms with Crippen molar-refractivity contribution in [1.29, 1.82) is 0 Å². The van der Waals surface area contributed by atoms with E-state index in [1.54, 1.807) is 0 Å². The zero-order chi connectivity index (χ0) is 13.9. The van der Waals surface area contributed by atoms with Gasteiger partial charge in [0.25, 0.3) is 0 Å². The van der Waals surface area contributed by atoms with Crippen molar-refractivity contribution in [2.75, 3.05) is 6.54 Å². The molecule has 0 spiro atoms. The van der Waals surface area contributed by atoms with Crippen LogP contribution in [0.15, 0.2) is 0 Å². The first kappa shape index (κ1) is 15.4. The van der Waals surface area contributed by atoms with Crippen LogP contribution in [0, 0.1) is 23.2 Å². The first-order valence-electron chi connectivity index (χ1n) is 8.70. The van der Waals surface area contributed by atoms with Crippen molar-refractivity contribution >= 4 is 0 Å². The van der Waals surface area contributed by atoms with E-state index in [1.165, 1.54) is 57.9 Å². The maximum atomic E-state index is 3.87. The van der Waals surface area contributed by atoms with Crippen LogP contribution in [0.5, 0.6) is 0 Å². The summed E-state index contributed by atoms with van der Waals surface area (Å²) in [6, 6.07) is 0.788. The molecule has 0 radical (unpaired) electrons. The zero-order valence-electron chi connectivity index (χ0n) is 13.7. The fourth-order valence-corrected chi connectivity index (χ4v) is 4.34. The van der Waals surface area contributed by atoms with Crippen LogP contribution >= 0.6 is 0 Å². The van der Waals surface area contributed by atoms with Gasteiger partial charge in [-0.3, -0.25) is 0 Å². The standard InChI is InChI=1S/C18H35N/c1-14-5-7-16(8-6-14)10-12-19-17-9-11-18(3,4)13-15(17)2/h14-17,19H,5-13H2,1-4H3. The Kier molecular flexibility index (Phi) is 5.34. The van der Waals surface area contributed by atoms with Crippen LogP contribution in [0.1, 0.15) is 79.1 Å². The molecule has 0 saturated heterocycles. The number of nitrogens with one attached hydrogen (secondary N) is 1. The van der Waals surface area contributed by atoms with Gasteiger partial charge in [0.2, 0.25) is 0 Å². The Bertz CT molecular complexity index is 263. The molecule has 0 aromatic rings. The minimum absolute atomic E-state index is 0.580. The monoisotopic (exact) mass is 265 g/mol. The van der Waals surface area contributed by atoms with Crippen molar-refractivity contribution in [3.8, 4) is 0 Å². The SMILES string of the molecule is CC1CCC(CCNC2CCC(C)(C)CC2C)CC1. The van der Waals surface area contributed by atoms with E-state index in [0.29, 0.717) is 5.41 Å². The van der Waals surface area contributed by atoms with Crippen molar-refractivity contribution in [3.63, 3.8) is 0 Å². The first-order valence-corrected chi connectivity index (χ1v) is 8.70. The van der Waals surface area contributed by atoms with Crippen molar-refractivity contribution in [1.82, 2.24) is 5.32 Å². The van der Waals surface area contributed by atoms with Crippen molar-refractivity contribution in [3.05, 3.63) is 0 Å². The van der Waals surface area contributed by atoms with E-state index in [-0.39, 0.29) is 0 Å². The smallest absolute Gasteiger partial charge is 0.00930 e. The number of rotatable bonds is 4. The number of hydrogen-bond acceptors (Lipinski definition) is 1.